The number of hydrogen-bond donors (Lipinski definition) is 1. The van der Waals surface area contributed by atoms with Gasteiger partial charge in [-0.2, -0.15) is 0 Å². The first kappa shape index (κ1) is 13.8. The summed E-state index contributed by atoms with van der Waals surface area (Å²) >= 11 is 0. The quantitative estimate of drug-likeness (QED) is 0.934. The van der Waals surface area contributed by atoms with Crippen LogP contribution in [0.5, 0.6) is 0 Å². The summed E-state index contributed by atoms with van der Waals surface area (Å²) in [5.41, 5.74) is 1.21. The van der Waals surface area contributed by atoms with Gasteiger partial charge in [-0.1, -0.05) is 0 Å². The van der Waals surface area contributed by atoms with Crippen molar-refractivity contribution in [2.45, 2.75) is 13.3 Å². The van der Waals surface area contributed by atoms with E-state index in [4.69, 9.17) is 8.83 Å². The number of hydrogen-bond acceptors (Lipinski definition) is 6. The summed E-state index contributed by atoms with van der Waals surface area (Å²) in [5.74, 6) is 2.44. The lowest BCUT2D eigenvalue weighted by Crippen LogP contribution is -2.32. The number of carbonyl (C=O) groups excluding carboxylic acids is 1. The Morgan fingerprint density at radius 1 is 1.48 bits per heavy atom. The van der Waals surface area contributed by atoms with Crippen molar-refractivity contribution in [2.24, 2.45) is 9.98 Å². The summed E-state index contributed by atoms with van der Waals surface area (Å²) in [7, 11) is 0. The highest BCUT2D eigenvalue weighted by Gasteiger charge is 2.33. The topological polar surface area (TPSA) is 83.3 Å². The van der Waals surface area contributed by atoms with E-state index in [1.807, 2.05) is 17.0 Å². The summed E-state index contributed by atoms with van der Waals surface area (Å²) < 4.78 is 10.9. The molecule has 23 heavy (non-hydrogen) atoms. The molecule has 0 aliphatic carbocycles. The SMILES string of the molecule is Cc1oc2c(c1C(=O)NCCc1ccco1)C1=NCCN1C=N2. The Bertz CT molecular complexity index is 802. The minimum absolute atomic E-state index is 0.175. The van der Waals surface area contributed by atoms with Crippen LogP contribution in [0.3, 0.4) is 0 Å². The fourth-order valence-electron chi connectivity index (χ4n) is 2.86. The summed E-state index contributed by atoms with van der Waals surface area (Å²) in [6.07, 6.45) is 3.97. The molecule has 2 aromatic heterocycles. The third-order valence-corrected chi connectivity index (χ3v) is 3.94. The zero-order valence-electron chi connectivity index (χ0n) is 12.7. The molecule has 0 unspecified atom stereocenters. The van der Waals surface area contributed by atoms with Gasteiger partial charge in [0.2, 0.25) is 5.88 Å². The molecule has 1 N–H and O–H groups in total. The number of rotatable bonds is 4. The summed E-state index contributed by atoms with van der Waals surface area (Å²) in [6, 6.07) is 3.72. The second kappa shape index (κ2) is 5.42. The maximum absolute atomic E-state index is 12.6. The Labute approximate surface area is 132 Å². The maximum atomic E-state index is 12.6. The van der Waals surface area contributed by atoms with Gasteiger partial charge in [-0.15, -0.1) is 0 Å². The predicted octanol–water partition coefficient (Wildman–Crippen LogP) is 1.89. The second-order valence-corrected chi connectivity index (χ2v) is 5.44. The van der Waals surface area contributed by atoms with Crippen LogP contribution in [-0.4, -0.2) is 42.6 Å². The first-order valence-corrected chi connectivity index (χ1v) is 7.53. The molecular formula is C16H16N4O3. The maximum Gasteiger partial charge on any atom is 0.255 e. The summed E-state index contributed by atoms with van der Waals surface area (Å²) in [6.45, 7) is 3.74. The number of aliphatic imine (C=N–C) groups is 2. The molecule has 4 rings (SSSR count). The molecule has 0 bridgehead atoms. The van der Waals surface area contributed by atoms with Gasteiger partial charge in [-0.3, -0.25) is 9.79 Å². The number of carbonyl (C=O) groups is 1. The third-order valence-electron chi connectivity index (χ3n) is 3.94. The fourth-order valence-corrected chi connectivity index (χ4v) is 2.86. The molecule has 0 spiro atoms. The lowest BCUT2D eigenvalue weighted by Gasteiger charge is -2.18. The van der Waals surface area contributed by atoms with Crippen LogP contribution in [0.2, 0.25) is 0 Å². The Kier molecular flexibility index (Phi) is 3.25. The molecule has 0 aromatic carbocycles. The highest BCUT2D eigenvalue weighted by atomic mass is 16.4. The minimum atomic E-state index is -0.175. The number of furan rings is 2. The number of fused-ring (bicyclic) bond motifs is 3. The van der Waals surface area contributed by atoms with Crippen molar-refractivity contribution in [1.82, 2.24) is 10.2 Å². The zero-order valence-corrected chi connectivity index (χ0v) is 12.7. The number of aryl methyl sites for hydroxylation is 1. The van der Waals surface area contributed by atoms with Crippen LogP contribution >= 0.6 is 0 Å². The van der Waals surface area contributed by atoms with Gasteiger partial charge in [0.25, 0.3) is 5.91 Å². The van der Waals surface area contributed by atoms with Crippen LogP contribution in [0.4, 0.5) is 5.88 Å². The van der Waals surface area contributed by atoms with Crippen LogP contribution in [0.15, 0.2) is 37.2 Å². The zero-order chi connectivity index (χ0) is 15.8. The van der Waals surface area contributed by atoms with E-state index >= 15 is 0 Å². The van der Waals surface area contributed by atoms with E-state index in [0.717, 1.165) is 18.1 Å². The van der Waals surface area contributed by atoms with Crippen LogP contribution in [0, 0.1) is 6.92 Å². The van der Waals surface area contributed by atoms with Gasteiger partial charge in [0, 0.05) is 19.5 Å². The van der Waals surface area contributed by atoms with E-state index in [0.29, 0.717) is 42.3 Å². The van der Waals surface area contributed by atoms with Gasteiger partial charge in [0.1, 0.15) is 23.7 Å². The highest BCUT2D eigenvalue weighted by molar-refractivity contribution is 6.17. The number of amidine groups is 1. The van der Waals surface area contributed by atoms with E-state index in [-0.39, 0.29) is 5.91 Å². The van der Waals surface area contributed by atoms with Gasteiger partial charge < -0.3 is 19.1 Å². The summed E-state index contributed by atoms with van der Waals surface area (Å²) in [4.78, 5) is 23.3. The van der Waals surface area contributed by atoms with Crippen molar-refractivity contribution >= 4 is 24.0 Å². The van der Waals surface area contributed by atoms with Gasteiger partial charge in [-0.25, -0.2) is 4.99 Å². The van der Waals surface area contributed by atoms with E-state index in [1.165, 1.54) is 0 Å². The standard InChI is InChI=1S/C16H16N4O3/c1-10-12(15(21)18-5-4-11-3-2-8-22-11)13-14-17-6-7-20(14)9-19-16(13)23-10/h2-3,8-9H,4-7H2,1H3,(H,18,21). The summed E-state index contributed by atoms with van der Waals surface area (Å²) in [5, 5.41) is 2.91. The lowest BCUT2D eigenvalue weighted by molar-refractivity contribution is 0.0952. The average molecular weight is 312 g/mol. The van der Waals surface area contributed by atoms with Crippen LogP contribution in [0.1, 0.15) is 27.4 Å². The molecule has 7 nitrogen and oxygen atoms in total. The van der Waals surface area contributed by atoms with Gasteiger partial charge >= 0.3 is 0 Å². The van der Waals surface area contributed by atoms with Crippen LogP contribution in [0.25, 0.3) is 0 Å². The number of amides is 1. The monoisotopic (exact) mass is 312 g/mol. The first-order chi connectivity index (χ1) is 11.2. The molecule has 2 aliphatic rings. The molecule has 7 heteroatoms. The van der Waals surface area contributed by atoms with Crippen molar-refractivity contribution < 1.29 is 13.6 Å². The van der Waals surface area contributed by atoms with Gasteiger partial charge in [0.15, 0.2) is 0 Å². The molecule has 0 radical (unpaired) electrons. The molecular weight excluding hydrogens is 296 g/mol. The molecule has 118 valence electrons. The molecule has 0 saturated heterocycles. The Morgan fingerprint density at radius 2 is 2.39 bits per heavy atom. The van der Waals surface area contributed by atoms with Crippen molar-refractivity contribution in [2.75, 3.05) is 19.6 Å². The smallest absolute Gasteiger partial charge is 0.255 e. The van der Waals surface area contributed by atoms with Crippen LogP contribution in [-0.2, 0) is 6.42 Å². The molecule has 2 aliphatic heterocycles. The van der Waals surface area contributed by atoms with E-state index < -0.39 is 0 Å². The van der Waals surface area contributed by atoms with Gasteiger partial charge in [0.05, 0.1) is 23.9 Å². The lowest BCUT2D eigenvalue weighted by atomic mass is 10.1. The van der Waals surface area contributed by atoms with Crippen molar-refractivity contribution in [3.05, 3.63) is 41.0 Å². The molecule has 1 amide bonds. The Morgan fingerprint density at radius 3 is 3.22 bits per heavy atom. The third kappa shape index (κ3) is 2.34. The number of nitrogens with zero attached hydrogens (tertiary/aromatic N) is 3. The van der Waals surface area contributed by atoms with Crippen LogP contribution < -0.4 is 5.32 Å². The molecule has 2 aromatic rings. The Hall–Kier alpha value is -2.83. The van der Waals surface area contributed by atoms with E-state index in [2.05, 4.69) is 15.3 Å². The minimum Gasteiger partial charge on any atom is -0.469 e. The van der Waals surface area contributed by atoms with E-state index in [9.17, 15) is 4.79 Å². The largest absolute Gasteiger partial charge is 0.469 e. The fraction of sp³-hybridized carbons (Fsp3) is 0.312. The Balaban J connectivity index is 1.56. The molecule has 4 heterocycles. The molecule has 0 atom stereocenters. The van der Waals surface area contributed by atoms with Crippen molar-refractivity contribution in [1.29, 1.82) is 0 Å². The average Bonchev–Trinajstić information content (AvgIpc) is 3.24. The van der Waals surface area contributed by atoms with E-state index in [1.54, 1.807) is 19.5 Å². The first-order valence-electron chi connectivity index (χ1n) is 7.53. The second-order valence-electron chi connectivity index (χ2n) is 5.44. The molecule has 0 saturated carbocycles. The predicted molar refractivity (Wildman–Crippen MR) is 84.5 cm³/mol. The highest BCUT2D eigenvalue weighted by Crippen LogP contribution is 2.34. The molecule has 0 fully saturated rings. The number of nitrogens with one attached hydrogen (secondary N) is 1. The van der Waals surface area contributed by atoms with Crippen molar-refractivity contribution in [3.63, 3.8) is 0 Å². The van der Waals surface area contributed by atoms with Crippen molar-refractivity contribution in [3.8, 4) is 0 Å². The van der Waals surface area contributed by atoms with Gasteiger partial charge in [-0.05, 0) is 19.1 Å². The normalized spacial score (nSPS) is 15.3.